The Morgan fingerprint density at radius 3 is 2.70 bits per heavy atom. The van der Waals surface area contributed by atoms with Crippen LogP contribution in [0.15, 0.2) is 53.9 Å². The van der Waals surface area contributed by atoms with Crippen LogP contribution in [0.25, 0.3) is 16.3 Å². The zero-order valence-corrected chi connectivity index (χ0v) is 15.8. The van der Waals surface area contributed by atoms with E-state index < -0.39 is 0 Å². The molecule has 27 heavy (non-hydrogen) atoms. The van der Waals surface area contributed by atoms with Gasteiger partial charge >= 0.3 is 0 Å². The lowest BCUT2D eigenvalue weighted by Gasteiger charge is -2.14. The van der Waals surface area contributed by atoms with E-state index in [9.17, 15) is 4.79 Å². The van der Waals surface area contributed by atoms with Crippen molar-refractivity contribution in [3.05, 3.63) is 70.6 Å². The monoisotopic (exact) mass is 377 g/mol. The molecule has 0 spiro atoms. The Bertz CT molecular complexity index is 1120. The quantitative estimate of drug-likeness (QED) is 0.566. The molecule has 0 bridgehead atoms. The van der Waals surface area contributed by atoms with E-state index in [0.717, 1.165) is 16.0 Å². The first-order valence-corrected chi connectivity index (χ1v) is 9.47. The number of pyridine rings is 1. The van der Waals surface area contributed by atoms with Gasteiger partial charge < -0.3 is 11.1 Å². The summed E-state index contributed by atoms with van der Waals surface area (Å²) in [5.41, 5.74) is 9.29. The zero-order chi connectivity index (χ0) is 19.0. The van der Waals surface area contributed by atoms with E-state index in [4.69, 9.17) is 5.73 Å². The van der Waals surface area contributed by atoms with E-state index in [1.54, 1.807) is 28.0 Å². The second-order valence-electron chi connectivity index (χ2n) is 6.41. The molecule has 3 aromatic heterocycles. The van der Waals surface area contributed by atoms with E-state index in [-0.39, 0.29) is 11.9 Å². The number of carbonyl (C=O) groups excluding carboxylic acids is 1. The molecule has 4 rings (SSSR count). The van der Waals surface area contributed by atoms with Gasteiger partial charge in [0.1, 0.15) is 5.82 Å². The molecule has 0 fully saturated rings. The number of amides is 1. The maximum atomic E-state index is 12.7. The predicted molar refractivity (Wildman–Crippen MR) is 108 cm³/mol. The van der Waals surface area contributed by atoms with Crippen molar-refractivity contribution in [1.82, 2.24) is 19.9 Å². The van der Waals surface area contributed by atoms with E-state index in [0.29, 0.717) is 22.9 Å². The third-order valence-electron chi connectivity index (χ3n) is 4.44. The van der Waals surface area contributed by atoms with Crippen molar-refractivity contribution in [1.29, 1.82) is 0 Å². The molecule has 0 saturated heterocycles. The number of nitrogens with zero attached hydrogens (tertiary/aromatic N) is 3. The summed E-state index contributed by atoms with van der Waals surface area (Å²) >= 11 is 1.58. The topological polar surface area (TPSA) is 85.3 Å². The summed E-state index contributed by atoms with van der Waals surface area (Å²) in [6.07, 6.45) is 0. The molecule has 0 radical (unpaired) electrons. The van der Waals surface area contributed by atoms with Crippen LogP contribution in [0.3, 0.4) is 0 Å². The molecule has 136 valence electrons. The number of anilines is 1. The number of nitrogen functional groups attached to an aromatic ring is 1. The molecule has 1 amide bonds. The third kappa shape index (κ3) is 3.29. The molecule has 0 aliphatic rings. The van der Waals surface area contributed by atoms with Crippen LogP contribution in [0.5, 0.6) is 0 Å². The van der Waals surface area contributed by atoms with Gasteiger partial charge in [-0.1, -0.05) is 30.3 Å². The third-order valence-corrected chi connectivity index (χ3v) is 5.45. The fourth-order valence-corrected chi connectivity index (χ4v) is 3.80. The van der Waals surface area contributed by atoms with E-state index in [1.165, 1.54) is 0 Å². The average Bonchev–Trinajstić information content (AvgIpc) is 3.28. The Balaban J connectivity index is 1.64. The number of benzene rings is 1. The van der Waals surface area contributed by atoms with Crippen LogP contribution in [0.4, 0.5) is 5.82 Å². The standard InChI is InChI=1S/C20H19N5OS/c1-12-8-9-27-18(12)19-23-17-11-15(10-16(21)25(17)24-19)20(26)22-13(2)14-6-4-3-5-7-14/h3-11,13H,21H2,1-2H3,(H,22,26). The molecular formula is C20H19N5OS. The van der Waals surface area contributed by atoms with E-state index in [2.05, 4.69) is 15.4 Å². The molecule has 7 heteroatoms. The molecule has 1 atom stereocenters. The van der Waals surface area contributed by atoms with Crippen molar-refractivity contribution >= 4 is 28.7 Å². The lowest BCUT2D eigenvalue weighted by molar-refractivity contribution is 0.0940. The number of hydrogen-bond donors (Lipinski definition) is 2. The lowest BCUT2D eigenvalue weighted by Crippen LogP contribution is -2.26. The number of fused-ring (bicyclic) bond motifs is 1. The number of thiophene rings is 1. The summed E-state index contributed by atoms with van der Waals surface area (Å²) in [6.45, 7) is 3.97. The van der Waals surface area contributed by atoms with E-state index >= 15 is 0 Å². The molecular weight excluding hydrogens is 358 g/mol. The second-order valence-corrected chi connectivity index (χ2v) is 7.33. The van der Waals surface area contributed by atoms with Gasteiger partial charge in [-0.2, -0.15) is 4.52 Å². The number of hydrogen-bond acceptors (Lipinski definition) is 5. The molecule has 4 aromatic rings. The molecule has 3 N–H and O–H groups in total. The Kier molecular flexibility index (Phi) is 4.37. The van der Waals surface area contributed by atoms with Gasteiger partial charge in [-0.15, -0.1) is 16.4 Å². The summed E-state index contributed by atoms with van der Waals surface area (Å²) in [5, 5.41) is 9.49. The van der Waals surface area contributed by atoms with Gasteiger partial charge in [-0.3, -0.25) is 4.79 Å². The predicted octanol–water partition coefficient (Wildman–Crippen LogP) is 3.84. The molecule has 0 aliphatic carbocycles. The number of aryl methyl sites for hydroxylation is 1. The largest absolute Gasteiger partial charge is 0.384 e. The SMILES string of the molecule is Cc1ccsc1-c1nc2cc(C(=O)NC(C)c3ccccc3)cc(N)n2n1. The van der Waals surface area contributed by atoms with Gasteiger partial charge in [0.25, 0.3) is 5.91 Å². The van der Waals surface area contributed by atoms with Crippen LogP contribution in [0.2, 0.25) is 0 Å². The number of carbonyl (C=O) groups is 1. The van der Waals surface area contributed by atoms with E-state index in [1.807, 2.05) is 55.6 Å². The summed E-state index contributed by atoms with van der Waals surface area (Å²) in [6, 6.07) is 15.1. The van der Waals surface area contributed by atoms with Crippen LogP contribution < -0.4 is 11.1 Å². The maximum absolute atomic E-state index is 12.7. The molecule has 0 aliphatic heterocycles. The van der Waals surface area contributed by atoms with Gasteiger partial charge in [-0.05, 0) is 48.6 Å². The molecule has 1 aromatic carbocycles. The van der Waals surface area contributed by atoms with Crippen molar-refractivity contribution < 1.29 is 4.79 Å². The summed E-state index contributed by atoms with van der Waals surface area (Å²) in [5.74, 6) is 0.791. The van der Waals surface area contributed by atoms with Crippen LogP contribution in [0.1, 0.15) is 34.5 Å². The highest BCUT2D eigenvalue weighted by Crippen LogP contribution is 2.27. The highest BCUT2D eigenvalue weighted by Gasteiger charge is 2.16. The number of aromatic nitrogens is 3. The Hall–Kier alpha value is -3.19. The second kappa shape index (κ2) is 6.85. The minimum Gasteiger partial charge on any atom is -0.384 e. The minimum absolute atomic E-state index is 0.113. The van der Waals surface area contributed by atoms with Gasteiger partial charge in [0.2, 0.25) is 0 Å². The lowest BCUT2D eigenvalue weighted by atomic mass is 10.1. The van der Waals surface area contributed by atoms with Crippen molar-refractivity contribution in [2.75, 3.05) is 5.73 Å². The van der Waals surface area contributed by atoms with Gasteiger partial charge in [0.15, 0.2) is 11.5 Å². The first-order chi connectivity index (χ1) is 13.0. The van der Waals surface area contributed by atoms with Crippen molar-refractivity contribution in [3.63, 3.8) is 0 Å². The number of nitrogens with two attached hydrogens (primary N) is 1. The smallest absolute Gasteiger partial charge is 0.252 e. The first kappa shape index (κ1) is 17.2. The van der Waals surface area contributed by atoms with Crippen LogP contribution in [-0.2, 0) is 0 Å². The van der Waals surface area contributed by atoms with Crippen LogP contribution in [-0.4, -0.2) is 20.5 Å². The van der Waals surface area contributed by atoms with Crippen molar-refractivity contribution in [2.24, 2.45) is 0 Å². The summed E-state index contributed by atoms with van der Waals surface area (Å²) < 4.78 is 1.56. The fraction of sp³-hybridized carbons (Fsp3) is 0.150. The Morgan fingerprint density at radius 1 is 1.22 bits per heavy atom. The first-order valence-electron chi connectivity index (χ1n) is 8.59. The maximum Gasteiger partial charge on any atom is 0.252 e. The molecule has 0 saturated carbocycles. The number of rotatable bonds is 4. The number of nitrogens with one attached hydrogen (secondary N) is 1. The summed E-state index contributed by atoms with van der Waals surface area (Å²) in [7, 11) is 0. The van der Waals surface area contributed by atoms with Crippen molar-refractivity contribution in [2.45, 2.75) is 19.9 Å². The van der Waals surface area contributed by atoms with Gasteiger partial charge in [0.05, 0.1) is 10.9 Å². The average molecular weight is 377 g/mol. The van der Waals surface area contributed by atoms with Crippen LogP contribution in [0, 0.1) is 6.92 Å². The van der Waals surface area contributed by atoms with Crippen LogP contribution >= 0.6 is 11.3 Å². The van der Waals surface area contributed by atoms with Crippen molar-refractivity contribution in [3.8, 4) is 10.7 Å². The zero-order valence-electron chi connectivity index (χ0n) is 15.0. The fourth-order valence-electron chi connectivity index (χ4n) is 2.94. The Morgan fingerprint density at radius 2 is 2.00 bits per heavy atom. The Labute approximate surface area is 160 Å². The molecule has 3 heterocycles. The minimum atomic E-state index is -0.197. The van der Waals surface area contributed by atoms with Gasteiger partial charge in [-0.25, -0.2) is 4.98 Å². The highest BCUT2D eigenvalue weighted by atomic mass is 32.1. The summed E-state index contributed by atoms with van der Waals surface area (Å²) in [4.78, 5) is 18.3. The van der Waals surface area contributed by atoms with Gasteiger partial charge in [0, 0.05) is 5.56 Å². The highest BCUT2D eigenvalue weighted by molar-refractivity contribution is 7.13. The normalized spacial score (nSPS) is 12.2. The molecule has 6 nitrogen and oxygen atoms in total. The molecule has 1 unspecified atom stereocenters.